The zero-order valence-corrected chi connectivity index (χ0v) is 10.9. The first kappa shape index (κ1) is 12.7. The molecule has 2 N–H and O–H groups in total. The highest BCUT2D eigenvalue weighted by Crippen LogP contribution is 2.35. The number of rotatable bonds is 2. The van der Waals surface area contributed by atoms with Crippen molar-refractivity contribution in [2.45, 2.75) is 25.9 Å². The van der Waals surface area contributed by atoms with Gasteiger partial charge in [-0.3, -0.25) is 0 Å². The Morgan fingerprint density at radius 1 is 1.47 bits per heavy atom. The van der Waals surface area contributed by atoms with Crippen molar-refractivity contribution in [2.75, 3.05) is 19.7 Å². The molecule has 1 fully saturated rings. The Morgan fingerprint density at radius 3 is 2.82 bits per heavy atom. The minimum Gasteiger partial charge on any atom is -0.508 e. The van der Waals surface area contributed by atoms with Gasteiger partial charge in [0.15, 0.2) is 0 Å². The van der Waals surface area contributed by atoms with E-state index in [4.69, 9.17) is 16.3 Å². The Hall–Kier alpha value is -0.770. The van der Waals surface area contributed by atoms with Crippen LogP contribution in [0.15, 0.2) is 12.1 Å². The second-order valence-corrected chi connectivity index (χ2v) is 5.06. The average Bonchev–Trinajstić information content (AvgIpc) is 2.32. The maximum absolute atomic E-state index is 10.1. The molecule has 1 aromatic carbocycles. The minimum atomic E-state index is -0.109. The van der Waals surface area contributed by atoms with Crippen LogP contribution in [0.1, 0.15) is 37.0 Å². The predicted octanol–water partition coefficient (Wildman–Crippen LogP) is 2.83. The molecule has 0 aromatic heterocycles. The lowest BCUT2D eigenvalue weighted by atomic mass is 9.98. The van der Waals surface area contributed by atoms with E-state index < -0.39 is 0 Å². The van der Waals surface area contributed by atoms with Crippen molar-refractivity contribution in [3.05, 3.63) is 28.3 Å². The highest BCUT2D eigenvalue weighted by Gasteiger charge is 2.21. The summed E-state index contributed by atoms with van der Waals surface area (Å²) in [5.74, 6) is 0.569. The van der Waals surface area contributed by atoms with Gasteiger partial charge in [0.1, 0.15) is 5.75 Å². The Bertz CT molecular complexity index is 401. The molecule has 0 spiro atoms. The third kappa shape index (κ3) is 2.73. The van der Waals surface area contributed by atoms with Gasteiger partial charge in [0, 0.05) is 23.7 Å². The fourth-order valence-corrected chi connectivity index (χ4v) is 2.45. The summed E-state index contributed by atoms with van der Waals surface area (Å²) in [4.78, 5) is 0. The summed E-state index contributed by atoms with van der Waals surface area (Å²) in [6, 6.07) is 3.57. The molecule has 1 unspecified atom stereocenters. The summed E-state index contributed by atoms with van der Waals surface area (Å²) in [6.07, 6.45) is -0.109. The Morgan fingerprint density at radius 2 is 2.24 bits per heavy atom. The van der Waals surface area contributed by atoms with E-state index in [2.05, 4.69) is 19.2 Å². The van der Waals surface area contributed by atoms with Gasteiger partial charge in [0.2, 0.25) is 0 Å². The molecular formula is C13H18ClNO2. The van der Waals surface area contributed by atoms with E-state index in [9.17, 15) is 5.11 Å². The molecule has 0 bridgehead atoms. The highest BCUT2D eigenvalue weighted by atomic mass is 35.5. The van der Waals surface area contributed by atoms with Gasteiger partial charge in [-0.2, -0.15) is 0 Å². The molecular weight excluding hydrogens is 238 g/mol. The smallest absolute Gasteiger partial charge is 0.121 e. The summed E-state index contributed by atoms with van der Waals surface area (Å²) >= 11 is 6.23. The lowest BCUT2D eigenvalue weighted by Gasteiger charge is -2.25. The lowest BCUT2D eigenvalue weighted by molar-refractivity contribution is 0.0263. The number of phenols is 1. The lowest BCUT2D eigenvalue weighted by Crippen LogP contribution is -2.33. The number of aromatic hydroxyl groups is 1. The normalized spacial score (nSPS) is 20.8. The third-order valence-electron chi connectivity index (χ3n) is 3.04. The number of hydrogen-bond donors (Lipinski definition) is 2. The maximum atomic E-state index is 10.1. The Balaban J connectivity index is 2.32. The summed E-state index contributed by atoms with van der Waals surface area (Å²) < 4.78 is 5.62. The molecule has 0 radical (unpaired) electrons. The van der Waals surface area contributed by atoms with E-state index in [1.165, 1.54) is 0 Å². The molecule has 2 rings (SSSR count). The summed E-state index contributed by atoms with van der Waals surface area (Å²) in [5.41, 5.74) is 1.74. The fourth-order valence-electron chi connectivity index (χ4n) is 2.06. The molecule has 17 heavy (non-hydrogen) atoms. The van der Waals surface area contributed by atoms with E-state index in [1.54, 1.807) is 6.07 Å². The van der Waals surface area contributed by atoms with Crippen molar-refractivity contribution in [3.8, 4) is 5.75 Å². The van der Waals surface area contributed by atoms with Crippen molar-refractivity contribution >= 4 is 11.6 Å². The van der Waals surface area contributed by atoms with Crippen molar-refractivity contribution in [3.63, 3.8) is 0 Å². The monoisotopic (exact) mass is 255 g/mol. The predicted molar refractivity (Wildman–Crippen MR) is 68.8 cm³/mol. The fraction of sp³-hybridized carbons (Fsp3) is 0.538. The van der Waals surface area contributed by atoms with Crippen molar-refractivity contribution in [1.82, 2.24) is 5.32 Å². The van der Waals surface area contributed by atoms with Crippen LogP contribution in [-0.4, -0.2) is 24.8 Å². The average molecular weight is 256 g/mol. The van der Waals surface area contributed by atoms with Gasteiger partial charge in [-0.25, -0.2) is 0 Å². The molecule has 0 saturated carbocycles. The number of benzene rings is 1. The van der Waals surface area contributed by atoms with Crippen LogP contribution in [0.5, 0.6) is 5.75 Å². The zero-order valence-electron chi connectivity index (χ0n) is 10.2. The van der Waals surface area contributed by atoms with Gasteiger partial charge in [-0.05, 0) is 23.6 Å². The second-order valence-electron chi connectivity index (χ2n) is 4.65. The number of phenolic OH excluding ortho intramolecular Hbond substituents is 1. The van der Waals surface area contributed by atoms with E-state index in [1.807, 2.05) is 6.07 Å². The van der Waals surface area contributed by atoms with Gasteiger partial charge in [0.25, 0.3) is 0 Å². The first-order valence-electron chi connectivity index (χ1n) is 5.94. The van der Waals surface area contributed by atoms with Crippen LogP contribution in [-0.2, 0) is 4.74 Å². The number of hydrogen-bond acceptors (Lipinski definition) is 3. The highest BCUT2D eigenvalue weighted by molar-refractivity contribution is 6.31. The van der Waals surface area contributed by atoms with Crippen molar-refractivity contribution < 1.29 is 9.84 Å². The molecule has 0 amide bonds. The van der Waals surface area contributed by atoms with Gasteiger partial charge in [-0.15, -0.1) is 0 Å². The second kappa shape index (κ2) is 5.25. The third-order valence-corrected chi connectivity index (χ3v) is 3.37. The standard InChI is InChI=1S/C13H18ClNO2/c1-8(2)9-6-12(16)10(5-11(9)14)13-7-15-3-4-17-13/h5-6,8,13,15-16H,3-4,7H2,1-2H3. The van der Waals surface area contributed by atoms with E-state index in [-0.39, 0.29) is 11.9 Å². The molecule has 0 aliphatic carbocycles. The van der Waals surface area contributed by atoms with Crippen LogP contribution in [0.3, 0.4) is 0 Å². The Labute approximate surface area is 107 Å². The van der Waals surface area contributed by atoms with Crippen LogP contribution < -0.4 is 5.32 Å². The molecule has 3 nitrogen and oxygen atoms in total. The van der Waals surface area contributed by atoms with Crippen LogP contribution in [0.2, 0.25) is 5.02 Å². The molecule has 1 atom stereocenters. The Kier molecular flexibility index (Phi) is 3.92. The van der Waals surface area contributed by atoms with Gasteiger partial charge >= 0.3 is 0 Å². The first-order chi connectivity index (χ1) is 8.09. The SMILES string of the molecule is CC(C)c1cc(O)c(C2CNCCO2)cc1Cl. The van der Waals surface area contributed by atoms with E-state index >= 15 is 0 Å². The maximum Gasteiger partial charge on any atom is 0.121 e. The topological polar surface area (TPSA) is 41.5 Å². The molecule has 1 aliphatic heterocycles. The van der Waals surface area contributed by atoms with E-state index in [0.29, 0.717) is 24.1 Å². The quantitative estimate of drug-likeness (QED) is 0.854. The van der Waals surface area contributed by atoms with Crippen LogP contribution >= 0.6 is 11.6 Å². The number of morpholine rings is 1. The summed E-state index contributed by atoms with van der Waals surface area (Å²) in [7, 11) is 0. The van der Waals surface area contributed by atoms with Gasteiger partial charge < -0.3 is 15.2 Å². The van der Waals surface area contributed by atoms with Crippen molar-refractivity contribution in [2.24, 2.45) is 0 Å². The summed E-state index contributed by atoms with van der Waals surface area (Å²) in [5, 5.41) is 14.0. The number of halogens is 1. The molecule has 1 aromatic rings. The minimum absolute atomic E-state index is 0.109. The largest absolute Gasteiger partial charge is 0.508 e. The van der Waals surface area contributed by atoms with Gasteiger partial charge in [-0.1, -0.05) is 25.4 Å². The molecule has 1 aliphatic rings. The van der Waals surface area contributed by atoms with Gasteiger partial charge in [0.05, 0.1) is 12.7 Å². The molecule has 1 heterocycles. The van der Waals surface area contributed by atoms with E-state index in [0.717, 1.165) is 17.7 Å². The van der Waals surface area contributed by atoms with Crippen LogP contribution in [0, 0.1) is 0 Å². The molecule has 1 saturated heterocycles. The molecule has 4 heteroatoms. The number of nitrogens with one attached hydrogen (secondary N) is 1. The number of ether oxygens (including phenoxy) is 1. The molecule has 94 valence electrons. The summed E-state index contributed by atoms with van der Waals surface area (Å²) in [6.45, 7) is 6.34. The first-order valence-corrected chi connectivity index (χ1v) is 6.32. The van der Waals surface area contributed by atoms with Crippen LogP contribution in [0.4, 0.5) is 0 Å². The van der Waals surface area contributed by atoms with Crippen molar-refractivity contribution in [1.29, 1.82) is 0 Å². The zero-order chi connectivity index (χ0) is 12.4. The van der Waals surface area contributed by atoms with Crippen LogP contribution in [0.25, 0.3) is 0 Å².